The van der Waals surface area contributed by atoms with Crippen LogP contribution < -0.4 is 9.47 Å². The molecule has 2 aliphatic heterocycles. The van der Waals surface area contributed by atoms with E-state index in [2.05, 4.69) is 0 Å². The smallest absolute Gasteiger partial charge is 0.303 e. The number of rotatable bonds is 13. The summed E-state index contributed by atoms with van der Waals surface area (Å²) < 4.78 is 55.3. The first-order chi connectivity index (χ1) is 21.7. The highest BCUT2D eigenvalue weighted by molar-refractivity contribution is 5.69. The highest BCUT2D eigenvalue weighted by Crippen LogP contribution is 2.38. The van der Waals surface area contributed by atoms with Crippen LogP contribution in [-0.2, 0) is 73.3 Å². The second-order valence-electron chi connectivity index (χ2n) is 10.2. The molecule has 2 aliphatic rings. The van der Waals surface area contributed by atoms with E-state index in [0.717, 1.165) is 41.5 Å². The summed E-state index contributed by atoms with van der Waals surface area (Å²) in [4.78, 5) is 70.8. The number of hydrogen-bond donors (Lipinski definition) is 1. The molecule has 2 fully saturated rings. The molecule has 3 rings (SSSR count). The lowest BCUT2D eigenvalue weighted by Crippen LogP contribution is -2.43. The standard InChI is InChI=1S/C29H36O17/c1-13(31)37-11-22-24(39-15(3)33)26(41-17(5)35)28(45-22)43-20-8-7-19(10-30)9-21(20)44-29-27(42-18(6)36)25(40-16(4)34)23(46-29)12-38-14(2)32/h7-9,22-30H,10-12H2,1-6H3/t22-,23-,24-,25?,26-,27+,28-,29-/m1/s1. The summed E-state index contributed by atoms with van der Waals surface area (Å²) in [5.41, 5.74) is 0.340. The summed E-state index contributed by atoms with van der Waals surface area (Å²) in [5, 5.41) is 9.80. The lowest BCUT2D eigenvalue weighted by Gasteiger charge is -2.26. The van der Waals surface area contributed by atoms with E-state index in [-0.39, 0.29) is 24.7 Å². The number of carbonyl (C=O) groups is 6. The maximum absolute atomic E-state index is 12.0. The van der Waals surface area contributed by atoms with Crippen molar-refractivity contribution in [2.45, 2.75) is 97.4 Å². The van der Waals surface area contributed by atoms with Gasteiger partial charge in [-0.3, -0.25) is 28.8 Å². The molecule has 1 aromatic carbocycles. The molecule has 0 aromatic heterocycles. The topological polar surface area (TPSA) is 215 Å². The van der Waals surface area contributed by atoms with Crippen LogP contribution in [-0.4, -0.2) is 103 Å². The molecule has 17 nitrogen and oxygen atoms in total. The van der Waals surface area contributed by atoms with Gasteiger partial charge >= 0.3 is 35.8 Å². The quantitative estimate of drug-likeness (QED) is 0.222. The summed E-state index contributed by atoms with van der Waals surface area (Å²) in [7, 11) is 0. The second-order valence-corrected chi connectivity index (χ2v) is 10.2. The Hall–Kier alpha value is -4.48. The normalized spacial score (nSPS) is 26.8. The summed E-state index contributed by atoms with van der Waals surface area (Å²) in [6.45, 7) is 5.61. The predicted molar refractivity (Wildman–Crippen MR) is 146 cm³/mol. The van der Waals surface area contributed by atoms with Crippen molar-refractivity contribution in [1.29, 1.82) is 0 Å². The van der Waals surface area contributed by atoms with Crippen molar-refractivity contribution in [2.24, 2.45) is 0 Å². The minimum Gasteiger partial charge on any atom is -0.463 e. The monoisotopic (exact) mass is 656 g/mol. The van der Waals surface area contributed by atoms with Crippen molar-refractivity contribution < 1.29 is 81.2 Å². The average Bonchev–Trinajstić information content (AvgIpc) is 3.42. The Kier molecular flexibility index (Phi) is 12.7. The van der Waals surface area contributed by atoms with Gasteiger partial charge in [-0.25, -0.2) is 0 Å². The molecular weight excluding hydrogens is 620 g/mol. The van der Waals surface area contributed by atoms with E-state index in [1.807, 2.05) is 0 Å². The van der Waals surface area contributed by atoms with Gasteiger partial charge in [0.25, 0.3) is 0 Å². The zero-order chi connectivity index (χ0) is 34.1. The number of carbonyl (C=O) groups excluding carboxylic acids is 6. The molecule has 1 aromatic rings. The molecule has 2 saturated heterocycles. The summed E-state index contributed by atoms with van der Waals surface area (Å²) in [6.07, 6.45) is -10.3. The first-order valence-corrected chi connectivity index (χ1v) is 14.0. The van der Waals surface area contributed by atoms with Crippen LogP contribution in [0.1, 0.15) is 47.1 Å². The molecule has 2 heterocycles. The highest BCUT2D eigenvalue weighted by Gasteiger charge is 2.53. The molecule has 0 radical (unpaired) electrons. The van der Waals surface area contributed by atoms with E-state index in [4.69, 9.17) is 47.4 Å². The van der Waals surface area contributed by atoms with Crippen molar-refractivity contribution in [1.82, 2.24) is 0 Å². The van der Waals surface area contributed by atoms with Gasteiger partial charge in [0.15, 0.2) is 23.7 Å². The molecular formula is C29H36O17. The fourth-order valence-electron chi connectivity index (χ4n) is 4.63. The van der Waals surface area contributed by atoms with Gasteiger partial charge in [0, 0.05) is 41.5 Å². The third-order valence-electron chi connectivity index (χ3n) is 6.32. The number of benzene rings is 1. The molecule has 1 unspecified atom stereocenters. The lowest BCUT2D eigenvalue weighted by atomic mass is 10.1. The van der Waals surface area contributed by atoms with Crippen LogP contribution in [0.3, 0.4) is 0 Å². The number of esters is 6. The largest absolute Gasteiger partial charge is 0.463 e. The Labute approximate surface area is 263 Å². The van der Waals surface area contributed by atoms with Crippen LogP contribution in [0.25, 0.3) is 0 Å². The number of hydrogen-bond acceptors (Lipinski definition) is 17. The molecule has 0 spiro atoms. The van der Waals surface area contributed by atoms with Crippen LogP contribution >= 0.6 is 0 Å². The Morgan fingerprint density at radius 2 is 0.978 bits per heavy atom. The first kappa shape index (κ1) is 36.0. The predicted octanol–water partition coefficient (Wildman–Crippen LogP) is 0.239. The van der Waals surface area contributed by atoms with Gasteiger partial charge in [-0.05, 0) is 17.7 Å². The maximum atomic E-state index is 12.0. The van der Waals surface area contributed by atoms with Gasteiger partial charge in [0.2, 0.25) is 24.8 Å². The van der Waals surface area contributed by atoms with E-state index < -0.39 is 91.6 Å². The molecule has 17 heteroatoms. The van der Waals surface area contributed by atoms with Crippen molar-refractivity contribution >= 4 is 35.8 Å². The fourth-order valence-corrected chi connectivity index (χ4v) is 4.63. The number of ether oxygens (including phenoxy) is 10. The van der Waals surface area contributed by atoms with Crippen LogP contribution in [0.2, 0.25) is 0 Å². The van der Waals surface area contributed by atoms with Crippen molar-refractivity contribution in [3.05, 3.63) is 23.8 Å². The minimum atomic E-state index is -1.47. The van der Waals surface area contributed by atoms with Crippen molar-refractivity contribution in [3.8, 4) is 11.5 Å². The molecule has 1 N–H and O–H groups in total. The fraction of sp³-hybridized carbons (Fsp3) is 0.586. The molecule has 46 heavy (non-hydrogen) atoms. The number of aliphatic hydroxyl groups excluding tert-OH is 1. The third-order valence-corrected chi connectivity index (χ3v) is 6.32. The van der Waals surface area contributed by atoms with E-state index >= 15 is 0 Å². The number of aliphatic hydroxyl groups is 1. The minimum absolute atomic E-state index is 0.0771. The van der Waals surface area contributed by atoms with Gasteiger partial charge < -0.3 is 52.5 Å². The maximum Gasteiger partial charge on any atom is 0.303 e. The van der Waals surface area contributed by atoms with E-state index in [0.29, 0.717) is 5.56 Å². The van der Waals surface area contributed by atoms with Crippen molar-refractivity contribution in [2.75, 3.05) is 13.2 Å². The Balaban J connectivity index is 1.98. The van der Waals surface area contributed by atoms with Crippen molar-refractivity contribution in [3.63, 3.8) is 0 Å². The van der Waals surface area contributed by atoms with E-state index in [1.54, 1.807) is 0 Å². The van der Waals surface area contributed by atoms with Gasteiger partial charge in [0.1, 0.15) is 25.4 Å². The molecule has 0 saturated carbocycles. The highest BCUT2D eigenvalue weighted by atomic mass is 16.8. The zero-order valence-electron chi connectivity index (χ0n) is 26.0. The Bertz CT molecular complexity index is 1290. The SMILES string of the molecule is CC(=O)OC[C@H]1O[C@@H](Oc2cc(CO)ccc2O[C@@H]2O[C@H](COC(C)=O)[C@@H](OC(C)=O)[C@H]2OC(C)=O)[C@@H](OC(C)=O)C1OC(C)=O. The van der Waals surface area contributed by atoms with Gasteiger partial charge in [-0.15, -0.1) is 0 Å². The van der Waals surface area contributed by atoms with Crippen LogP contribution in [0, 0.1) is 0 Å². The van der Waals surface area contributed by atoms with E-state index in [1.165, 1.54) is 18.2 Å². The van der Waals surface area contributed by atoms with Crippen LogP contribution in [0.5, 0.6) is 11.5 Å². The molecule has 254 valence electrons. The summed E-state index contributed by atoms with van der Waals surface area (Å²) in [6, 6.07) is 4.21. The molecule has 8 atom stereocenters. The second kappa shape index (κ2) is 16.2. The average molecular weight is 657 g/mol. The lowest BCUT2D eigenvalue weighted by molar-refractivity contribution is -0.173. The Morgan fingerprint density at radius 3 is 1.35 bits per heavy atom. The summed E-state index contributed by atoms with van der Waals surface area (Å²) >= 11 is 0. The zero-order valence-corrected chi connectivity index (χ0v) is 26.0. The molecule has 0 bridgehead atoms. The third kappa shape index (κ3) is 10.0. The first-order valence-electron chi connectivity index (χ1n) is 14.0. The molecule has 0 aliphatic carbocycles. The molecule has 0 amide bonds. The van der Waals surface area contributed by atoms with Crippen LogP contribution in [0.4, 0.5) is 0 Å². The summed E-state index contributed by atoms with van der Waals surface area (Å²) in [5.74, 6) is -4.50. The Morgan fingerprint density at radius 1 is 0.587 bits per heavy atom. The van der Waals surface area contributed by atoms with E-state index in [9.17, 15) is 33.9 Å². The van der Waals surface area contributed by atoms with Gasteiger partial charge in [-0.2, -0.15) is 0 Å². The van der Waals surface area contributed by atoms with Crippen LogP contribution in [0.15, 0.2) is 18.2 Å². The van der Waals surface area contributed by atoms with Gasteiger partial charge in [0.05, 0.1) is 6.61 Å². The van der Waals surface area contributed by atoms with Gasteiger partial charge in [-0.1, -0.05) is 6.07 Å².